The van der Waals surface area contributed by atoms with Crippen molar-refractivity contribution in [3.63, 3.8) is 0 Å². The number of benzene rings is 1. The second kappa shape index (κ2) is 8.51. The van der Waals surface area contributed by atoms with Crippen LogP contribution in [0.3, 0.4) is 0 Å². The number of carbonyl (C=O) groups is 1. The summed E-state index contributed by atoms with van der Waals surface area (Å²) in [5, 5.41) is 13.9. The first kappa shape index (κ1) is 19.3. The van der Waals surface area contributed by atoms with E-state index in [2.05, 4.69) is 20.9 Å². The van der Waals surface area contributed by atoms with Gasteiger partial charge in [0.1, 0.15) is 0 Å². The lowest BCUT2D eigenvalue weighted by molar-refractivity contribution is -0.137. The molecule has 9 heteroatoms. The molecule has 0 unspecified atom stereocenters. The van der Waals surface area contributed by atoms with Crippen molar-refractivity contribution in [2.45, 2.75) is 51.0 Å². The minimum atomic E-state index is -4.37. The van der Waals surface area contributed by atoms with Gasteiger partial charge in [0, 0.05) is 19.1 Å². The molecule has 146 valence electrons. The highest BCUT2D eigenvalue weighted by Gasteiger charge is 2.29. The van der Waals surface area contributed by atoms with Gasteiger partial charge in [0.25, 0.3) is 5.91 Å². The Morgan fingerprint density at radius 2 is 2.04 bits per heavy atom. The van der Waals surface area contributed by atoms with Gasteiger partial charge in [0.15, 0.2) is 5.69 Å². The van der Waals surface area contributed by atoms with E-state index < -0.39 is 17.6 Å². The Labute approximate surface area is 155 Å². The predicted molar refractivity (Wildman–Crippen MR) is 92.9 cm³/mol. The molecule has 1 saturated heterocycles. The fourth-order valence-corrected chi connectivity index (χ4v) is 3.05. The van der Waals surface area contributed by atoms with E-state index in [9.17, 15) is 18.0 Å². The van der Waals surface area contributed by atoms with Gasteiger partial charge in [-0.3, -0.25) is 9.48 Å². The summed E-state index contributed by atoms with van der Waals surface area (Å²) in [5.74, 6) is -0.406. The molecule has 1 fully saturated rings. The highest BCUT2D eigenvalue weighted by molar-refractivity contribution is 5.91. The van der Waals surface area contributed by atoms with Crippen LogP contribution in [0.1, 0.15) is 47.3 Å². The van der Waals surface area contributed by atoms with E-state index in [1.165, 1.54) is 25.0 Å². The third-order valence-corrected chi connectivity index (χ3v) is 4.62. The van der Waals surface area contributed by atoms with Crippen LogP contribution >= 0.6 is 0 Å². The minimum Gasteiger partial charge on any atom is -0.347 e. The third kappa shape index (κ3) is 5.53. The van der Waals surface area contributed by atoms with Crippen molar-refractivity contribution in [2.24, 2.45) is 0 Å². The Kier molecular flexibility index (Phi) is 6.10. The second-order valence-electron chi connectivity index (χ2n) is 6.68. The molecule has 2 heterocycles. The van der Waals surface area contributed by atoms with Crippen molar-refractivity contribution >= 4 is 5.91 Å². The lowest BCUT2D eigenvalue weighted by Crippen LogP contribution is -2.34. The highest BCUT2D eigenvalue weighted by atomic mass is 19.4. The normalized spacial score (nSPS) is 17.7. The van der Waals surface area contributed by atoms with Gasteiger partial charge in [0.05, 0.1) is 11.8 Å². The van der Waals surface area contributed by atoms with Crippen molar-refractivity contribution in [3.8, 4) is 0 Å². The van der Waals surface area contributed by atoms with Gasteiger partial charge in [-0.05, 0) is 43.5 Å². The number of halogens is 3. The molecule has 0 spiro atoms. The molecule has 6 nitrogen and oxygen atoms in total. The maximum Gasteiger partial charge on any atom is 0.416 e. The number of aryl methyl sites for hydroxylation is 1. The number of carbonyl (C=O) groups excluding carboxylic acids is 1. The van der Waals surface area contributed by atoms with Crippen LogP contribution < -0.4 is 10.6 Å². The lowest BCUT2D eigenvalue weighted by Gasteiger charge is -2.23. The van der Waals surface area contributed by atoms with Crippen LogP contribution in [0.5, 0.6) is 0 Å². The number of aromatic nitrogens is 3. The summed E-state index contributed by atoms with van der Waals surface area (Å²) in [6.07, 6.45) is 1.74. The number of amides is 1. The minimum absolute atomic E-state index is 0.121. The lowest BCUT2D eigenvalue weighted by atomic mass is 10.0. The van der Waals surface area contributed by atoms with E-state index in [-0.39, 0.29) is 12.2 Å². The second-order valence-corrected chi connectivity index (χ2v) is 6.68. The summed E-state index contributed by atoms with van der Waals surface area (Å²) in [7, 11) is 0. The first-order valence-corrected chi connectivity index (χ1v) is 8.99. The molecule has 0 radical (unpaired) electrons. The van der Waals surface area contributed by atoms with Crippen molar-refractivity contribution in [3.05, 3.63) is 47.3 Å². The molecule has 1 aromatic carbocycles. The number of rotatable bonds is 6. The summed E-state index contributed by atoms with van der Waals surface area (Å²) in [6.45, 7) is 1.84. The Balaban J connectivity index is 1.47. The number of hydrogen-bond acceptors (Lipinski definition) is 4. The molecule has 3 rings (SSSR count). The van der Waals surface area contributed by atoms with E-state index in [1.54, 1.807) is 10.9 Å². The zero-order chi connectivity index (χ0) is 19.3. The molecule has 1 atom stereocenters. The van der Waals surface area contributed by atoms with Crippen LogP contribution in [-0.2, 0) is 19.3 Å². The third-order valence-electron chi connectivity index (χ3n) is 4.62. The van der Waals surface area contributed by atoms with Gasteiger partial charge in [0.2, 0.25) is 0 Å². The van der Waals surface area contributed by atoms with Gasteiger partial charge in [-0.2, -0.15) is 13.2 Å². The molecule has 0 saturated carbocycles. The summed E-state index contributed by atoms with van der Waals surface area (Å²) < 4.78 is 39.3. The Morgan fingerprint density at radius 3 is 2.70 bits per heavy atom. The van der Waals surface area contributed by atoms with Crippen LogP contribution in [-0.4, -0.2) is 33.5 Å². The van der Waals surface area contributed by atoms with Crippen molar-refractivity contribution in [1.82, 2.24) is 25.6 Å². The molecular weight excluding hydrogens is 359 g/mol. The molecule has 1 amide bonds. The van der Waals surface area contributed by atoms with Crippen LogP contribution in [0.25, 0.3) is 0 Å². The maximum atomic E-state index is 12.5. The van der Waals surface area contributed by atoms with Crippen LogP contribution in [0.4, 0.5) is 13.2 Å². The SMILES string of the molecule is O=C(NCc1ccc(C(F)(F)F)cc1)c1cn(CC[C@@H]2CCCCN2)nn1. The number of piperidine rings is 1. The average Bonchev–Trinajstić information content (AvgIpc) is 3.14. The van der Waals surface area contributed by atoms with Gasteiger partial charge < -0.3 is 10.6 Å². The van der Waals surface area contributed by atoms with E-state index in [1.807, 2.05) is 0 Å². The average molecular weight is 381 g/mol. The summed E-state index contributed by atoms with van der Waals surface area (Å²) in [5.41, 5.74) is 0.0543. The molecule has 2 N–H and O–H groups in total. The van der Waals surface area contributed by atoms with E-state index in [0.717, 1.165) is 31.5 Å². The topological polar surface area (TPSA) is 71.8 Å². The monoisotopic (exact) mass is 381 g/mol. The first-order chi connectivity index (χ1) is 12.9. The number of alkyl halides is 3. The van der Waals surface area contributed by atoms with E-state index in [4.69, 9.17) is 0 Å². The Morgan fingerprint density at radius 1 is 1.26 bits per heavy atom. The van der Waals surface area contributed by atoms with Gasteiger partial charge in [-0.25, -0.2) is 0 Å². The highest BCUT2D eigenvalue weighted by Crippen LogP contribution is 2.29. The van der Waals surface area contributed by atoms with Crippen molar-refractivity contribution in [2.75, 3.05) is 6.54 Å². The maximum absolute atomic E-state index is 12.5. The molecule has 2 aromatic rings. The number of nitrogens with one attached hydrogen (secondary N) is 2. The van der Waals surface area contributed by atoms with Gasteiger partial charge >= 0.3 is 6.18 Å². The molecule has 0 aliphatic carbocycles. The molecule has 27 heavy (non-hydrogen) atoms. The van der Waals surface area contributed by atoms with Gasteiger partial charge in [-0.1, -0.05) is 23.8 Å². The largest absolute Gasteiger partial charge is 0.416 e. The molecular formula is C18H22F3N5O. The van der Waals surface area contributed by atoms with Crippen LogP contribution in [0, 0.1) is 0 Å². The number of hydrogen-bond donors (Lipinski definition) is 2. The molecule has 0 bridgehead atoms. The summed E-state index contributed by atoms with van der Waals surface area (Å²) in [4.78, 5) is 12.1. The molecule has 1 aliphatic rings. The van der Waals surface area contributed by atoms with Gasteiger partial charge in [-0.15, -0.1) is 5.10 Å². The zero-order valence-electron chi connectivity index (χ0n) is 14.8. The summed E-state index contributed by atoms with van der Waals surface area (Å²) >= 11 is 0. The zero-order valence-corrected chi connectivity index (χ0v) is 14.8. The van der Waals surface area contributed by atoms with Crippen LogP contribution in [0.2, 0.25) is 0 Å². The first-order valence-electron chi connectivity index (χ1n) is 8.99. The number of nitrogens with zero attached hydrogens (tertiary/aromatic N) is 3. The van der Waals surface area contributed by atoms with E-state index >= 15 is 0 Å². The van der Waals surface area contributed by atoms with Crippen LogP contribution in [0.15, 0.2) is 30.5 Å². The van der Waals surface area contributed by atoms with Crippen molar-refractivity contribution in [1.29, 1.82) is 0 Å². The summed E-state index contributed by atoms with van der Waals surface area (Å²) in [6, 6.07) is 5.16. The Hall–Kier alpha value is -2.42. The predicted octanol–water partition coefficient (Wildman–Crippen LogP) is 2.76. The van der Waals surface area contributed by atoms with E-state index in [0.29, 0.717) is 18.2 Å². The fraction of sp³-hybridized carbons (Fsp3) is 0.500. The van der Waals surface area contributed by atoms with Crippen molar-refractivity contribution < 1.29 is 18.0 Å². The fourth-order valence-electron chi connectivity index (χ4n) is 3.05. The standard InChI is InChI=1S/C18H22F3N5O/c19-18(20,21)14-6-4-13(5-7-14)11-23-17(27)16-12-26(25-24-16)10-8-15-3-1-2-9-22-15/h4-7,12,15,22H,1-3,8-11H2,(H,23,27)/t15-/m0/s1. The molecule has 1 aromatic heterocycles. The quantitative estimate of drug-likeness (QED) is 0.807. The Bertz CT molecular complexity index is 751. The molecule has 1 aliphatic heterocycles. The smallest absolute Gasteiger partial charge is 0.347 e.